The molecule has 0 heterocycles. The summed E-state index contributed by atoms with van der Waals surface area (Å²) < 4.78 is 24.6. The number of benzene rings is 1. The van der Waals surface area contributed by atoms with Gasteiger partial charge in [0.2, 0.25) is 0 Å². The molecule has 0 atom stereocenters. The minimum atomic E-state index is -0.314. The first-order valence-electron chi connectivity index (χ1n) is 6.98. The predicted molar refractivity (Wildman–Crippen MR) is 75.0 cm³/mol. The second-order valence-corrected chi connectivity index (χ2v) is 4.37. The van der Waals surface area contributed by atoms with Gasteiger partial charge in [-0.2, -0.15) is 0 Å². The molecule has 0 fully saturated rings. The summed E-state index contributed by atoms with van der Waals surface area (Å²) in [5, 5.41) is 3.25. The van der Waals surface area contributed by atoms with Crippen LogP contribution < -0.4 is 10.1 Å². The van der Waals surface area contributed by atoms with Gasteiger partial charge in [0.25, 0.3) is 0 Å². The Kier molecular flexibility index (Phi) is 8.18. The molecule has 108 valence electrons. The van der Waals surface area contributed by atoms with Crippen molar-refractivity contribution in [1.29, 1.82) is 0 Å². The number of ether oxygens (including phenoxy) is 2. The Morgan fingerprint density at radius 1 is 1.11 bits per heavy atom. The fourth-order valence-corrected chi connectivity index (χ4v) is 1.70. The van der Waals surface area contributed by atoms with Crippen molar-refractivity contribution >= 4 is 0 Å². The summed E-state index contributed by atoms with van der Waals surface area (Å²) in [5.74, 6) is 0.0255. The number of para-hydroxylation sites is 1. The standard InChI is InChI=1S/C15H24FNO2/c1-3-8-17-12-13-6-5-7-14(16)15(13)19-11-10-18-9-4-2/h5-7,17H,3-4,8-12H2,1-2H3. The number of halogens is 1. The molecule has 0 spiro atoms. The van der Waals surface area contributed by atoms with Crippen molar-refractivity contribution in [2.75, 3.05) is 26.4 Å². The van der Waals surface area contributed by atoms with Crippen molar-refractivity contribution in [1.82, 2.24) is 5.32 Å². The zero-order chi connectivity index (χ0) is 13.9. The third-order valence-electron chi connectivity index (χ3n) is 2.61. The van der Waals surface area contributed by atoms with Gasteiger partial charge >= 0.3 is 0 Å². The van der Waals surface area contributed by atoms with E-state index in [1.165, 1.54) is 6.07 Å². The van der Waals surface area contributed by atoms with Crippen LogP contribution in [0.15, 0.2) is 18.2 Å². The van der Waals surface area contributed by atoms with Gasteiger partial charge in [-0.25, -0.2) is 4.39 Å². The molecular weight excluding hydrogens is 245 g/mol. The van der Waals surface area contributed by atoms with Crippen LogP contribution in [0.4, 0.5) is 4.39 Å². The highest BCUT2D eigenvalue weighted by molar-refractivity contribution is 5.34. The van der Waals surface area contributed by atoms with E-state index >= 15 is 0 Å². The highest BCUT2D eigenvalue weighted by Gasteiger charge is 2.09. The highest BCUT2D eigenvalue weighted by atomic mass is 19.1. The highest BCUT2D eigenvalue weighted by Crippen LogP contribution is 2.22. The molecule has 0 saturated carbocycles. The van der Waals surface area contributed by atoms with Crippen molar-refractivity contribution < 1.29 is 13.9 Å². The van der Waals surface area contributed by atoms with Crippen LogP contribution in [0.5, 0.6) is 5.75 Å². The molecule has 1 N–H and O–H groups in total. The van der Waals surface area contributed by atoms with Crippen LogP contribution in [0.25, 0.3) is 0 Å². The first-order valence-corrected chi connectivity index (χ1v) is 6.98. The molecular formula is C15H24FNO2. The van der Waals surface area contributed by atoms with Gasteiger partial charge in [0.05, 0.1) is 6.61 Å². The van der Waals surface area contributed by atoms with E-state index in [9.17, 15) is 4.39 Å². The summed E-state index contributed by atoms with van der Waals surface area (Å²) in [4.78, 5) is 0. The van der Waals surface area contributed by atoms with Gasteiger partial charge in [-0.15, -0.1) is 0 Å². The second kappa shape index (κ2) is 9.75. The molecule has 0 bridgehead atoms. The number of rotatable bonds is 10. The summed E-state index contributed by atoms with van der Waals surface area (Å²) in [6, 6.07) is 5.01. The van der Waals surface area contributed by atoms with Gasteiger partial charge in [0.1, 0.15) is 6.61 Å². The third-order valence-corrected chi connectivity index (χ3v) is 2.61. The number of hydrogen-bond donors (Lipinski definition) is 1. The van der Waals surface area contributed by atoms with Crippen molar-refractivity contribution in [3.63, 3.8) is 0 Å². The van der Waals surface area contributed by atoms with Gasteiger partial charge in [0.15, 0.2) is 11.6 Å². The van der Waals surface area contributed by atoms with Crippen molar-refractivity contribution in [2.24, 2.45) is 0 Å². The van der Waals surface area contributed by atoms with E-state index in [0.717, 1.165) is 24.9 Å². The lowest BCUT2D eigenvalue weighted by molar-refractivity contribution is 0.0987. The Hall–Kier alpha value is -1.13. The molecule has 0 unspecified atom stereocenters. The van der Waals surface area contributed by atoms with Crippen molar-refractivity contribution in [3.05, 3.63) is 29.6 Å². The van der Waals surface area contributed by atoms with E-state index in [1.54, 1.807) is 6.07 Å². The van der Waals surface area contributed by atoms with Gasteiger partial charge in [-0.05, 0) is 25.5 Å². The molecule has 3 nitrogen and oxygen atoms in total. The largest absolute Gasteiger partial charge is 0.488 e. The molecule has 0 aliphatic heterocycles. The number of nitrogens with one attached hydrogen (secondary N) is 1. The van der Waals surface area contributed by atoms with Crippen LogP contribution in [0, 0.1) is 5.82 Å². The van der Waals surface area contributed by atoms with Crippen LogP contribution in [0.2, 0.25) is 0 Å². The summed E-state index contributed by atoms with van der Waals surface area (Å²) >= 11 is 0. The normalized spacial score (nSPS) is 10.7. The van der Waals surface area contributed by atoms with E-state index in [0.29, 0.717) is 32.1 Å². The molecule has 0 amide bonds. The second-order valence-electron chi connectivity index (χ2n) is 4.37. The van der Waals surface area contributed by atoms with E-state index in [4.69, 9.17) is 9.47 Å². The Morgan fingerprint density at radius 3 is 2.68 bits per heavy atom. The van der Waals surface area contributed by atoms with E-state index in [-0.39, 0.29) is 5.82 Å². The van der Waals surface area contributed by atoms with Gasteiger partial charge in [-0.1, -0.05) is 26.0 Å². The van der Waals surface area contributed by atoms with Gasteiger partial charge in [0, 0.05) is 18.7 Å². The van der Waals surface area contributed by atoms with Crippen LogP contribution in [-0.2, 0) is 11.3 Å². The fraction of sp³-hybridized carbons (Fsp3) is 0.600. The molecule has 19 heavy (non-hydrogen) atoms. The van der Waals surface area contributed by atoms with Crippen LogP contribution in [0.1, 0.15) is 32.3 Å². The van der Waals surface area contributed by atoms with Crippen molar-refractivity contribution in [3.8, 4) is 5.75 Å². The predicted octanol–water partition coefficient (Wildman–Crippen LogP) is 3.13. The summed E-state index contributed by atoms with van der Waals surface area (Å²) in [7, 11) is 0. The Morgan fingerprint density at radius 2 is 1.95 bits per heavy atom. The van der Waals surface area contributed by atoms with E-state index in [1.807, 2.05) is 6.07 Å². The summed E-state index contributed by atoms with van der Waals surface area (Å²) in [6.45, 7) is 7.26. The SMILES string of the molecule is CCCNCc1cccc(F)c1OCCOCCC. The van der Waals surface area contributed by atoms with Crippen LogP contribution in [0.3, 0.4) is 0 Å². The van der Waals surface area contributed by atoms with E-state index < -0.39 is 0 Å². The topological polar surface area (TPSA) is 30.5 Å². The molecule has 0 aliphatic carbocycles. The zero-order valence-electron chi connectivity index (χ0n) is 11.9. The van der Waals surface area contributed by atoms with Crippen LogP contribution in [-0.4, -0.2) is 26.4 Å². The lowest BCUT2D eigenvalue weighted by Crippen LogP contribution is -2.16. The molecule has 1 aromatic rings. The lowest BCUT2D eigenvalue weighted by Gasteiger charge is -2.13. The Bertz CT molecular complexity index is 358. The van der Waals surface area contributed by atoms with Crippen LogP contribution >= 0.6 is 0 Å². The molecule has 0 aromatic heterocycles. The summed E-state index contributed by atoms with van der Waals surface area (Å²) in [6.07, 6.45) is 2.03. The summed E-state index contributed by atoms with van der Waals surface area (Å²) in [5.41, 5.74) is 0.851. The Labute approximate surface area is 115 Å². The maximum absolute atomic E-state index is 13.7. The quantitative estimate of drug-likeness (QED) is 0.662. The average Bonchev–Trinajstić information content (AvgIpc) is 2.41. The van der Waals surface area contributed by atoms with Gasteiger partial charge in [-0.3, -0.25) is 0 Å². The maximum atomic E-state index is 13.7. The molecule has 4 heteroatoms. The smallest absolute Gasteiger partial charge is 0.165 e. The first-order chi connectivity index (χ1) is 9.29. The molecule has 1 rings (SSSR count). The lowest BCUT2D eigenvalue weighted by atomic mass is 10.2. The fourth-order valence-electron chi connectivity index (χ4n) is 1.70. The van der Waals surface area contributed by atoms with Crippen molar-refractivity contribution in [2.45, 2.75) is 33.2 Å². The minimum absolute atomic E-state index is 0.314. The monoisotopic (exact) mass is 269 g/mol. The third kappa shape index (κ3) is 6.03. The average molecular weight is 269 g/mol. The van der Waals surface area contributed by atoms with E-state index in [2.05, 4.69) is 19.2 Å². The number of hydrogen-bond acceptors (Lipinski definition) is 3. The molecule has 1 aromatic carbocycles. The zero-order valence-corrected chi connectivity index (χ0v) is 11.9. The molecule has 0 radical (unpaired) electrons. The van der Waals surface area contributed by atoms with Gasteiger partial charge < -0.3 is 14.8 Å². The first kappa shape index (κ1) is 15.9. The minimum Gasteiger partial charge on any atom is -0.488 e. The Balaban J connectivity index is 2.49. The molecule has 0 aliphatic rings. The molecule has 0 saturated heterocycles. The maximum Gasteiger partial charge on any atom is 0.165 e.